The minimum Gasteiger partial charge on any atom is -0.494 e. The van der Waals surface area contributed by atoms with Gasteiger partial charge in [-0.05, 0) is 61.4 Å². The number of carbonyl (C=O) groups is 2. The lowest BCUT2D eigenvalue weighted by atomic mass is 10.0. The lowest BCUT2D eigenvalue weighted by Gasteiger charge is -2.26. The summed E-state index contributed by atoms with van der Waals surface area (Å²) >= 11 is 1.65. The van der Waals surface area contributed by atoms with Gasteiger partial charge < -0.3 is 15.4 Å². The predicted octanol–water partition coefficient (Wildman–Crippen LogP) is 3.31. The van der Waals surface area contributed by atoms with Crippen LogP contribution in [0, 0.1) is 5.82 Å². The van der Waals surface area contributed by atoms with Crippen molar-refractivity contribution in [1.82, 2.24) is 10.6 Å². The van der Waals surface area contributed by atoms with E-state index < -0.39 is 0 Å². The average molecular weight is 388 g/mol. The van der Waals surface area contributed by atoms with Crippen LogP contribution in [-0.2, 0) is 4.79 Å². The summed E-state index contributed by atoms with van der Waals surface area (Å²) in [4.78, 5) is 25.4. The highest BCUT2D eigenvalue weighted by Gasteiger charge is 2.23. The highest BCUT2D eigenvalue weighted by Crippen LogP contribution is 2.36. The molecule has 1 heterocycles. The van der Waals surface area contributed by atoms with E-state index in [1.54, 1.807) is 42.1 Å². The Hall–Kier alpha value is -2.54. The summed E-state index contributed by atoms with van der Waals surface area (Å²) < 4.78 is 18.9. The lowest BCUT2D eigenvalue weighted by molar-refractivity contribution is -0.120. The van der Waals surface area contributed by atoms with Gasteiger partial charge in [-0.15, -0.1) is 11.8 Å². The highest BCUT2D eigenvalue weighted by atomic mass is 32.2. The summed E-state index contributed by atoms with van der Waals surface area (Å²) in [6, 6.07) is 11.1. The van der Waals surface area contributed by atoms with E-state index in [1.165, 1.54) is 12.1 Å². The van der Waals surface area contributed by atoms with Gasteiger partial charge in [-0.1, -0.05) is 0 Å². The van der Waals surface area contributed by atoms with Crippen molar-refractivity contribution < 1.29 is 18.7 Å². The van der Waals surface area contributed by atoms with Crippen LogP contribution < -0.4 is 15.4 Å². The van der Waals surface area contributed by atoms with Crippen molar-refractivity contribution in [2.24, 2.45) is 0 Å². The molecule has 0 aliphatic carbocycles. The Morgan fingerprint density at radius 1 is 1.22 bits per heavy atom. The summed E-state index contributed by atoms with van der Waals surface area (Å²) in [5.41, 5.74) is 1.24. The second-order valence-corrected chi connectivity index (χ2v) is 7.22. The Labute approximate surface area is 161 Å². The second-order valence-electron chi connectivity index (χ2n) is 6.08. The first-order valence-corrected chi connectivity index (χ1v) is 9.78. The summed E-state index contributed by atoms with van der Waals surface area (Å²) in [5, 5.41) is 5.49. The van der Waals surface area contributed by atoms with Crippen LogP contribution in [0.5, 0.6) is 5.75 Å². The van der Waals surface area contributed by atoms with E-state index in [1.807, 2.05) is 6.92 Å². The number of carbonyl (C=O) groups excluding carboxylic acids is 2. The van der Waals surface area contributed by atoms with Crippen LogP contribution in [0.15, 0.2) is 47.4 Å². The fourth-order valence-electron chi connectivity index (χ4n) is 2.89. The summed E-state index contributed by atoms with van der Waals surface area (Å²) in [6.45, 7) is 2.30. The molecule has 0 aromatic heterocycles. The largest absolute Gasteiger partial charge is 0.494 e. The first kappa shape index (κ1) is 19.2. The number of fused-ring (bicyclic) bond motifs is 1. The first-order valence-electron chi connectivity index (χ1n) is 8.79. The third kappa shape index (κ3) is 5.01. The van der Waals surface area contributed by atoms with Gasteiger partial charge in [0.05, 0.1) is 19.2 Å². The van der Waals surface area contributed by atoms with Gasteiger partial charge >= 0.3 is 0 Å². The molecule has 142 valence electrons. The molecule has 0 radical (unpaired) electrons. The normalized spacial score (nSPS) is 15.6. The van der Waals surface area contributed by atoms with Crippen LogP contribution >= 0.6 is 11.8 Å². The molecule has 2 N–H and O–H groups in total. The number of hydrogen-bond acceptors (Lipinski definition) is 4. The standard InChI is InChI=1S/C20H21FN2O3S/c1-2-26-15-6-3-13(4-7-15)20(25)22-12-19(24)23-17-9-10-27-18-8-5-14(21)11-16(17)18/h3-8,11,17H,2,9-10,12H2,1H3,(H,22,25)(H,23,24). The van der Waals surface area contributed by atoms with Gasteiger partial charge in [0.1, 0.15) is 11.6 Å². The molecule has 1 aliphatic heterocycles. The first-order chi connectivity index (χ1) is 13.1. The van der Waals surface area contributed by atoms with E-state index in [0.29, 0.717) is 17.9 Å². The zero-order valence-electron chi connectivity index (χ0n) is 15.0. The van der Waals surface area contributed by atoms with Crippen molar-refractivity contribution >= 4 is 23.6 Å². The van der Waals surface area contributed by atoms with Gasteiger partial charge in [0, 0.05) is 16.2 Å². The van der Waals surface area contributed by atoms with E-state index >= 15 is 0 Å². The molecule has 0 saturated heterocycles. The number of amides is 2. The van der Waals surface area contributed by atoms with Crippen molar-refractivity contribution in [3.8, 4) is 5.75 Å². The van der Waals surface area contributed by atoms with E-state index in [2.05, 4.69) is 10.6 Å². The Bertz CT molecular complexity index is 826. The van der Waals surface area contributed by atoms with Crippen LogP contribution in [0.2, 0.25) is 0 Å². The minimum atomic E-state index is -0.334. The Morgan fingerprint density at radius 2 is 2.00 bits per heavy atom. The predicted molar refractivity (Wildman–Crippen MR) is 103 cm³/mol. The third-order valence-electron chi connectivity index (χ3n) is 4.18. The van der Waals surface area contributed by atoms with E-state index in [4.69, 9.17) is 4.74 Å². The van der Waals surface area contributed by atoms with Crippen LogP contribution in [0.3, 0.4) is 0 Å². The molecule has 2 aromatic rings. The van der Waals surface area contributed by atoms with Gasteiger partial charge in [0.2, 0.25) is 5.91 Å². The number of ether oxygens (including phenoxy) is 1. The number of hydrogen-bond donors (Lipinski definition) is 2. The topological polar surface area (TPSA) is 67.4 Å². The number of rotatable bonds is 6. The number of halogens is 1. The second kappa shape index (κ2) is 8.90. The minimum absolute atomic E-state index is 0.139. The molecule has 0 spiro atoms. The molecule has 2 amide bonds. The average Bonchev–Trinajstić information content (AvgIpc) is 2.67. The summed E-state index contributed by atoms with van der Waals surface area (Å²) in [5.74, 6) is 0.578. The molecule has 0 bridgehead atoms. The molecular weight excluding hydrogens is 367 g/mol. The smallest absolute Gasteiger partial charge is 0.251 e. The maximum atomic E-state index is 13.5. The zero-order valence-corrected chi connectivity index (χ0v) is 15.8. The summed E-state index contributed by atoms with van der Waals surface area (Å²) in [7, 11) is 0. The van der Waals surface area contributed by atoms with Gasteiger partial charge in [0.15, 0.2) is 0 Å². The quantitative estimate of drug-likeness (QED) is 0.797. The van der Waals surface area contributed by atoms with Gasteiger partial charge in [0.25, 0.3) is 5.91 Å². The maximum absolute atomic E-state index is 13.5. The molecule has 1 unspecified atom stereocenters. The fraction of sp³-hybridized carbons (Fsp3) is 0.300. The van der Waals surface area contributed by atoms with E-state index in [-0.39, 0.29) is 30.2 Å². The van der Waals surface area contributed by atoms with Crippen molar-refractivity contribution in [3.63, 3.8) is 0 Å². The lowest BCUT2D eigenvalue weighted by Crippen LogP contribution is -2.39. The number of nitrogens with one attached hydrogen (secondary N) is 2. The van der Waals surface area contributed by atoms with Crippen LogP contribution in [0.25, 0.3) is 0 Å². The van der Waals surface area contributed by atoms with Gasteiger partial charge in [-0.2, -0.15) is 0 Å². The molecule has 7 heteroatoms. The van der Waals surface area contributed by atoms with Crippen molar-refractivity contribution in [2.75, 3.05) is 18.9 Å². The Kier molecular flexibility index (Phi) is 6.34. The Balaban J connectivity index is 1.54. The van der Waals surface area contributed by atoms with E-state index in [9.17, 15) is 14.0 Å². The molecule has 27 heavy (non-hydrogen) atoms. The maximum Gasteiger partial charge on any atom is 0.251 e. The number of benzene rings is 2. The molecular formula is C20H21FN2O3S. The third-order valence-corrected chi connectivity index (χ3v) is 5.31. The zero-order chi connectivity index (χ0) is 19.2. The monoisotopic (exact) mass is 388 g/mol. The summed E-state index contributed by atoms with van der Waals surface area (Å²) in [6.07, 6.45) is 0.722. The van der Waals surface area contributed by atoms with Gasteiger partial charge in [-0.3, -0.25) is 9.59 Å². The Morgan fingerprint density at radius 3 is 2.74 bits per heavy atom. The molecule has 0 fully saturated rings. The van der Waals surface area contributed by atoms with Gasteiger partial charge in [-0.25, -0.2) is 4.39 Å². The SMILES string of the molecule is CCOc1ccc(C(=O)NCC(=O)NC2CCSc3ccc(F)cc32)cc1. The van der Waals surface area contributed by atoms with Crippen LogP contribution in [0.1, 0.15) is 35.3 Å². The number of thioether (sulfide) groups is 1. The molecule has 0 saturated carbocycles. The molecule has 2 aromatic carbocycles. The van der Waals surface area contributed by atoms with Crippen molar-refractivity contribution in [1.29, 1.82) is 0 Å². The van der Waals surface area contributed by atoms with E-state index in [0.717, 1.165) is 22.6 Å². The van der Waals surface area contributed by atoms with Crippen LogP contribution in [0.4, 0.5) is 4.39 Å². The molecule has 1 aliphatic rings. The fourth-order valence-corrected chi connectivity index (χ4v) is 4.00. The van der Waals surface area contributed by atoms with Crippen molar-refractivity contribution in [3.05, 3.63) is 59.4 Å². The van der Waals surface area contributed by atoms with Crippen LogP contribution in [-0.4, -0.2) is 30.7 Å². The van der Waals surface area contributed by atoms with Crippen molar-refractivity contribution in [2.45, 2.75) is 24.3 Å². The highest BCUT2D eigenvalue weighted by molar-refractivity contribution is 7.99. The molecule has 1 atom stereocenters. The molecule has 5 nitrogen and oxygen atoms in total. The molecule has 3 rings (SSSR count).